The first-order chi connectivity index (χ1) is 11.6. The van der Waals surface area contributed by atoms with Crippen molar-refractivity contribution in [2.75, 3.05) is 0 Å². The third kappa shape index (κ3) is 2.66. The van der Waals surface area contributed by atoms with E-state index in [1.54, 1.807) is 0 Å². The average Bonchev–Trinajstić information content (AvgIpc) is 3.17. The molecule has 1 N–H and O–H groups in total. The van der Waals surface area contributed by atoms with E-state index in [4.69, 9.17) is 12.2 Å². The van der Waals surface area contributed by atoms with E-state index in [9.17, 15) is 0 Å². The first kappa shape index (κ1) is 15.8. The van der Waals surface area contributed by atoms with E-state index in [2.05, 4.69) is 58.3 Å². The second-order valence-electron chi connectivity index (χ2n) is 6.71. The zero-order valence-electron chi connectivity index (χ0n) is 14.0. The molecule has 0 amide bonds. The van der Waals surface area contributed by atoms with Crippen LogP contribution < -0.4 is 0 Å². The van der Waals surface area contributed by atoms with Gasteiger partial charge in [-0.1, -0.05) is 37.3 Å². The maximum Gasteiger partial charge on any atom is 0.196 e. The number of hydrogen-bond acceptors (Lipinski definition) is 3. The summed E-state index contributed by atoms with van der Waals surface area (Å²) in [5, 5.41) is 9.86. The summed E-state index contributed by atoms with van der Waals surface area (Å²) in [4.78, 5) is 1.52. The fraction of sp³-hybridized carbons (Fsp3) is 0.368. The van der Waals surface area contributed by atoms with Crippen molar-refractivity contribution in [3.05, 3.63) is 56.5 Å². The molecular formula is C19H21N3S2. The first-order valence-electron chi connectivity index (χ1n) is 8.46. The molecule has 24 heavy (non-hydrogen) atoms. The van der Waals surface area contributed by atoms with Crippen molar-refractivity contribution >= 4 is 23.6 Å². The molecule has 0 aliphatic heterocycles. The van der Waals surface area contributed by atoms with E-state index in [1.165, 1.54) is 34.4 Å². The highest BCUT2D eigenvalue weighted by molar-refractivity contribution is 7.71. The Kier molecular flexibility index (Phi) is 4.14. The van der Waals surface area contributed by atoms with Gasteiger partial charge in [0.2, 0.25) is 0 Å². The fourth-order valence-corrected chi connectivity index (χ4v) is 5.13. The monoisotopic (exact) mass is 355 g/mol. The van der Waals surface area contributed by atoms with Gasteiger partial charge in [-0.05, 0) is 55.4 Å². The van der Waals surface area contributed by atoms with E-state index in [1.807, 2.05) is 17.4 Å². The van der Waals surface area contributed by atoms with E-state index in [-0.39, 0.29) is 6.04 Å². The van der Waals surface area contributed by atoms with E-state index < -0.39 is 0 Å². The number of aromatic nitrogens is 3. The minimum atomic E-state index is 0.158. The molecule has 0 radical (unpaired) electrons. The van der Waals surface area contributed by atoms with Gasteiger partial charge in [-0.25, -0.2) is 0 Å². The van der Waals surface area contributed by atoms with Crippen LogP contribution in [0.5, 0.6) is 0 Å². The molecule has 5 heteroatoms. The van der Waals surface area contributed by atoms with Crippen LogP contribution in [-0.4, -0.2) is 14.8 Å². The van der Waals surface area contributed by atoms with Crippen molar-refractivity contribution in [2.45, 2.75) is 39.2 Å². The summed E-state index contributed by atoms with van der Waals surface area (Å²) in [5.74, 6) is 1.76. The maximum absolute atomic E-state index is 5.54. The topological polar surface area (TPSA) is 33.6 Å². The molecule has 2 atom stereocenters. The Morgan fingerprint density at radius 2 is 2.12 bits per heavy atom. The molecule has 3 nitrogen and oxygen atoms in total. The number of benzene rings is 1. The highest BCUT2D eigenvalue weighted by Crippen LogP contribution is 2.38. The lowest BCUT2D eigenvalue weighted by molar-refractivity contribution is 0.508. The van der Waals surface area contributed by atoms with Crippen LogP contribution in [0.15, 0.2) is 35.7 Å². The number of aromatic amines is 1. The summed E-state index contributed by atoms with van der Waals surface area (Å²) in [5.41, 5.74) is 3.99. The Morgan fingerprint density at radius 1 is 1.33 bits per heavy atom. The van der Waals surface area contributed by atoms with Gasteiger partial charge in [-0.15, -0.1) is 11.3 Å². The lowest BCUT2D eigenvalue weighted by Gasteiger charge is -2.20. The Labute approximate surface area is 151 Å². The summed E-state index contributed by atoms with van der Waals surface area (Å²) < 4.78 is 2.84. The normalized spacial score (nSPS) is 18.3. The van der Waals surface area contributed by atoms with Gasteiger partial charge in [-0.3, -0.25) is 9.67 Å². The van der Waals surface area contributed by atoms with Crippen molar-refractivity contribution in [3.63, 3.8) is 0 Å². The Balaban J connectivity index is 1.80. The Bertz CT molecular complexity index is 904. The summed E-state index contributed by atoms with van der Waals surface area (Å²) >= 11 is 7.42. The van der Waals surface area contributed by atoms with Crippen molar-refractivity contribution in [1.29, 1.82) is 0 Å². The van der Waals surface area contributed by atoms with Crippen LogP contribution in [0.2, 0.25) is 0 Å². The molecule has 3 aromatic rings. The fourth-order valence-electron chi connectivity index (χ4n) is 3.60. The molecule has 0 fully saturated rings. The van der Waals surface area contributed by atoms with Crippen LogP contribution in [0.25, 0.3) is 11.4 Å². The molecule has 124 valence electrons. The van der Waals surface area contributed by atoms with Gasteiger partial charge in [0.05, 0.1) is 6.04 Å². The quantitative estimate of drug-likeness (QED) is 0.638. The Hall–Kier alpha value is -1.72. The predicted molar refractivity (Wildman–Crippen MR) is 102 cm³/mol. The first-order valence-corrected chi connectivity index (χ1v) is 9.75. The molecule has 1 aliphatic rings. The summed E-state index contributed by atoms with van der Waals surface area (Å²) in [6.45, 7) is 4.53. The molecule has 0 saturated carbocycles. The van der Waals surface area contributed by atoms with Crippen molar-refractivity contribution < 1.29 is 0 Å². The minimum Gasteiger partial charge on any atom is -0.293 e. The van der Waals surface area contributed by atoms with Gasteiger partial charge >= 0.3 is 0 Å². The van der Waals surface area contributed by atoms with Crippen LogP contribution in [0.3, 0.4) is 0 Å². The van der Waals surface area contributed by atoms with Gasteiger partial charge in [0, 0.05) is 15.8 Å². The summed E-state index contributed by atoms with van der Waals surface area (Å²) in [6.07, 6.45) is 3.60. The maximum atomic E-state index is 5.54. The molecule has 2 aromatic heterocycles. The zero-order chi connectivity index (χ0) is 16.7. The smallest absolute Gasteiger partial charge is 0.196 e. The van der Waals surface area contributed by atoms with Gasteiger partial charge < -0.3 is 0 Å². The molecule has 0 bridgehead atoms. The molecule has 1 aromatic carbocycles. The molecule has 1 aliphatic carbocycles. The van der Waals surface area contributed by atoms with E-state index >= 15 is 0 Å². The summed E-state index contributed by atoms with van der Waals surface area (Å²) in [7, 11) is 0. The lowest BCUT2D eigenvalue weighted by Crippen LogP contribution is -2.12. The SMILES string of the molecule is CC1CCc2c(-c3n[nH]c(=S)n3C(C)c3ccccc3)csc2C1. The van der Waals surface area contributed by atoms with Crippen LogP contribution in [0.1, 0.15) is 42.3 Å². The number of nitrogens with zero attached hydrogens (tertiary/aromatic N) is 2. The third-order valence-electron chi connectivity index (χ3n) is 5.02. The van der Waals surface area contributed by atoms with E-state index in [0.29, 0.717) is 4.77 Å². The highest BCUT2D eigenvalue weighted by Gasteiger charge is 2.24. The average molecular weight is 356 g/mol. The number of hydrogen-bond donors (Lipinski definition) is 1. The van der Waals surface area contributed by atoms with Crippen LogP contribution in [-0.2, 0) is 12.8 Å². The van der Waals surface area contributed by atoms with Crippen molar-refractivity contribution in [3.8, 4) is 11.4 Å². The van der Waals surface area contributed by atoms with E-state index in [0.717, 1.165) is 18.2 Å². The van der Waals surface area contributed by atoms with Gasteiger partial charge in [-0.2, -0.15) is 5.10 Å². The summed E-state index contributed by atoms with van der Waals surface area (Å²) in [6, 6.07) is 10.6. The zero-order valence-corrected chi connectivity index (χ0v) is 15.6. The predicted octanol–water partition coefficient (Wildman–Crippen LogP) is 5.40. The van der Waals surface area contributed by atoms with Gasteiger partial charge in [0.1, 0.15) is 0 Å². The second-order valence-corrected chi connectivity index (χ2v) is 8.06. The van der Waals surface area contributed by atoms with Crippen LogP contribution in [0, 0.1) is 10.7 Å². The Morgan fingerprint density at radius 3 is 2.92 bits per heavy atom. The lowest BCUT2D eigenvalue weighted by atomic mass is 9.88. The molecule has 2 heterocycles. The number of nitrogens with one attached hydrogen (secondary N) is 1. The molecule has 0 saturated heterocycles. The largest absolute Gasteiger partial charge is 0.293 e. The van der Waals surface area contributed by atoms with Crippen molar-refractivity contribution in [2.24, 2.45) is 5.92 Å². The molecule has 4 rings (SSSR count). The molecule has 0 spiro atoms. The molecule has 2 unspecified atom stereocenters. The van der Waals surface area contributed by atoms with Crippen LogP contribution >= 0.6 is 23.6 Å². The molecular weight excluding hydrogens is 334 g/mol. The number of thiophene rings is 1. The minimum absolute atomic E-state index is 0.158. The number of H-pyrrole nitrogens is 1. The van der Waals surface area contributed by atoms with Crippen molar-refractivity contribution in [1.82, 2.24) is 14.8 Å². The van der Waals surface area contributed by atoms with Crippen LogP contribution in [0.4, 0.5) is 0 Å². The number of rotatable bonds is 3. The third-order valence-corrected chi connectivity index (χ3v) is 6.36. The van der Waals surface area contributed by atoms with Gasteiger partial charge in [0.15, 0.2) is 10.6 Å². The standard InChI is InChI=1S/C19H21N3S2/c1-12-8-9-15-16(11-24-17(15)10-12)18-20-21-19(23)22(18)13(2)14-6-4-3-5-7-14/h3-7,11-13H,8-10H2,1-2H3,(H,21,23). The number of fused-ring (bicyclic) bond motifs is 1. The second kappa shape index (κ2) is 6.30. The highest BCUT2D eigenvalue weighted by atomic mass is 32.1. The van der Waals surface area contributed by atoms with Gasteiger partial charge in [0.25, 0.3) is 0 Å².